The third-order valence-electron chi connectivity index (χ3n) is 7.94. The van der Waals surface area contributed by atoms with Crippen molar-refractivity contribution in [2.75, 3.05) is 7.05 Å². The van der Waals surface area contributed by atoms with E-state index in [-0.39, 0.29) is 8.07 Å². The average Bonchev–Trinajstić information content (AvgIpc) is 3.65. The highest BCUT2D eigenvalue weighted by molar-refractivity contribution is 7.76. The molecule has 2 aromatic heterocycles. The summed E-state index contributed by atoms with van der Waals surface area (Å²) in [6, 6.07) is 8.71. The highest BCUT2D eigenvalue weighted by Crippen LogP contribution is 2.59. The van der Waals surface area contributed by atoms with Gasteiger partial charge in [-0.15, -0.1) is 0 Å². The molecule has 2 saturated carbocycles. The lowest BCUT2D eigenvalue weighted by Gasteiger charge is -2.46. The van der Waals surface area contributed by atoms with E-state index in [9.17, 15) is 0 Å². The first-order valence-corrected chi connectivity index (χ1v) is 15.8. The lowest BCUT2D eigenvalue weighted by molar-refractivity contribution is 0.420. The molecule has 0 aromatic carbocycles. The van der Waals surface area contributed by atoms with Crippen LogP contribution in [0.25, 0.3) is 0 Å². The molecule has 178 valence electrons. The van der Waals surface area contributed by atoms with Crippen LogP contribution < -0.4 is 11.0 Å². The first kappa shape index (κ1) is 23.6. The van der Waals surface area contributed by atoms with E-state index in [0.29, 0.717) is 6.04 Å². The largest absolute Gasteiger partial charge is 0.464 e. The van der Waals surface area contributed by atoms with E-state index in [2.05, 4.69) is 42.9 Å². The smallest absolute Gasteiger partial charge is 0.137 e. The molecule has 0 amide bonds. The first-order valence-electron chi connectivity index (χ1n) is 13.0. The van der Waals surface area contributed by atoms with Gasteiger partial charge in [-0.05, 0) is 101 Å². The van der Waals surface area contributed by atoms with Crippen molar-refractivity contribution in [2.45, 2.75) is 94.9 Å². The van der Waals surface area contributed by atoms with E-state index in [1.807, 2.05) is 12.1 Å². The molecule has 3 aliphatic rings. The number of likely N-dealkylation sites (N-methyl/N-ethyl adjacent to an activating group) is 1. The van der Waals surface area contributed by atoms with Gasteiger partial charge in [-0.25, -0.2) is 0 Å². The van der Waals surface area contributed by atoms with Crippen LogP contribution in [0.15, 0.2) is 68.7 Å². The van der Waals surface area contributed by atoms with Gasteiger partial charge in [0.1, 0.15) is 11.0 Å². The molecule has 33 heavy (non-hydrogen) atoms. The lowest BCUT2D eigenvalue weighted by Crippen LogP contribution is -2.35. The fourth-order valence-corrected chi connectivity index (χ4v) is 12.5. The summed E-state index contributed by atoms with van der Waals surface area (Å²) in [4.78, 5) is 0. The van der Waals surface area contributed by atoms with E-state index < -0.39 is 7.92 Å². The lowest BCUT2D eigenvalue weighted by atomic mass is 9.99. The van der Waals surface area contributed by atoms with Crippen molar-refractivity contribution in [1.29, 1.82) is 0 Å². The normalized spacial score (nSPS) is 21.7. The third-order valence-corrected chi connectivity index (χ3v) is 13.9. The summed E-state index contributed by atoms with van der Waals surface area (Å²) < 4.78 is 14.8. The molecule has 2 heterocycles. The summed E-state index contributed by atoms with van der Waals surface area (Å²) in [5.74, 6) is 0. The highest BCUT2D eigenvalue weighted by atomic mass is 31.1. The SMILES string of the molecule is CC(C1=C(P(c2ccco2)c2ccco2)CC=C1)N(C)P(C1CCCCC1)C1CCCCC1. The van der Waals surface area contributed by atoms with Gasteiger partial charge in [0.25, 0.3) is 0 Å². The fourth-order valence-electron chi connectivity index (χ4n) is 6.19. The van der Waals surface area contributed by atoms with Crippen molar-refractivity contribution in [1.82, 2.24) is 4.67 Å². The van der Waals surface area contributed by atoms with E-state index in [4.69, 9.17) is 8.83 Å². The second-order valence-corrected chi connectivity index (χ2v) is 14.9. The number of rotatable bonds is 8. The number of furan rings is 2. The molecule has 0 bridgehead atoms. The van der Waals surface area contributed by atoms with Gasteiger partial charge >= 0.3 is 0 Å². The molecular weight excluding hydrogens is 444 g/mol. The summed E-state index contributed by atoms with van der Waals surface area (Å²) in [6.07, 6.45) is 23.8. The summed E-state index contributed by atoms with van der Waals surface area (Å²) >= 11 is 0. The maximum atomic E-state index is 5.96. The monoisotopic (exact) mass is 483 g/mol. The van der Waals surface area contributed by atoms with Gasteiger partial charge in [0.05, 0.1) is 20.4 Å². The first-order chi connectivity index (χ1) is 16.2. The zero-order chi connectivity index (χ0) is 22.6. The Labute approximate surface area is 202 Å². The van der Waals surface area contributed by atoms with Crippen LogP contribution in [0.4, 0.5) is 0 Å². The molecule has 3 aliphatic carbocycles. The molecule has 5 heteroatoms. The minimum Gasteiger partial charge on any atom is -0.464 e. The van der Waals surface area contributed by atoms with Crippen LogP contribution >= 0.6 is 16.0 Å². The Hall–Kier alpha value is -1.14. The van der Waals surface area contributed by atoms with Crippen molar-refractivity contribution in [2.24, 2.45) is 0 Å². The summed E-state index contributed by atoms with van der Waals surface area (Å²) in [7, 11) is 1.58. The van der Waals surface area contributed by atoms with Gasteiger partial charge in [-0.2, -0.15) is 0 Å². The molecular formula is C28H39NO2P2. The Morgan fingerprint density at radius 1 is 0.848 bits per heavy atom. The van der Waals surface area contributed by atoms with E-state index in [1.165, 1.54) is 75.1 Å². The molecule has 0 radical (unpaired) electrons. The van der Waals surface area contributed by atoms with E-state index in [0.717, 1.165) is 28.7 Å². The van der Waals surface area contributed by atoms with Crippen molar-refractivity contribution < 1.29 is 8.83 Å². The summed E-state index contributed by atoms with van der Waals surface area (Å²) in [6.45, 7) is 2.46. The second kappa shape index (κ2) is 11.1. The van der Waals surface area contributed by atoms with Gasteiger partial charge < -0.3 is 8.83 Å². The molecule has 0 saturated heterocycles. The number of hydrogen-bond acceptors (Lipinski definition) is 3. The zero-order valence-corrected chi connectivity index (χ0v) is 22.1. The van der Waals surface area contributed by atoms with Crippen LogP contribution in [0.2, 0.25) is 0 Å². The fraction of sp³-hybridized carbons (Fsp3) is 0.571. The van der Waals surface area contributed by atoms with Crippen LogP contribution in [0.1, 0.15) is 77.6 Å². The molecule has 1 atom stereocenters. The highest BCUT2D eigenvalue weighted by Gasteiger charge is 2.38. The van der Waals surface area contributed by atoms with Crippen LogP contribution in [-0.2, 0) is 0 Å². The Kier molecular flexibility index (Phi) is 7.91. The van der Waals surface area contributed by atoms with Crippen molar-refractivity contribution in [3.05, 3.63) is 59.8 Å². The Morgan fingerprint density at radius 3 is 1.88 bits per heavy atom. The van der Waals surface area contributed by atoms with Gasteiger partial charge in [0, 0.05) is 6.04 Å². The number of hydrogen-bond donors (Lipinski definition) is 0. The van der Waals surface area contributed by atoms with Crippen molar-refractivity contribution in [3.8, 4) is 0 Å². The minimum atomic E-state index is -0.758. The quantitative estimate of drug-likeness (QED) is 0.357. The van der Waals surface area contributed by atoms with E-state index >= 15 is 0 Å². The standard InChI is InChI=1S/C28H39NO2P2/c1-22(29(2)33(23-12-5-3-6-13-23)24-14-7-4-8-15-24)25-16-9-17-26(25)32(27-18-10-20-30-27)28-19-11-21-31-28/h9-11,16,18-24H,3-8,12-15,17H2,1-2H3. The molecule has 5 rings (SSSR count). The predicted molar refractivity (Wildman–Crippen MR) is 142 cm³/mol. The predicted octanol–water partition coefficient (Wildman–Crippen LogP) is 7.90. The molecule has 0 aliphatic heterocycles. The number of allylic oxidation sites excluding steroid dienone is 2. The Balaban J connectivity index is 1.46. The molecule has 2 fully saturated rings. The molecule has 1 unspecified atom stereocenters. The van der Waals surface area contributed by atoms with Crippen LogP contribution in [0.3, 0.4) is 0 Å². The maximum absolute atomic E-state index is 5.96. The van der Waals surface area contributed by atoms with Gasteiger partial charge in [-0.1, -0.05) is 50.7 Å². The Morgan fingerprint density at radius 2 is 1.39 bits per heavy atom. The van der Waals surface area contributed by atoms with E-state index in [1.54, 1.807) is 12.5 Å². The molecule has 0 N–H and O–H groups in total. The van der Waals surface area contributed by atoms with Crippen LogP contribution in [-0.4, -0.2) is 29.1 Å². The summed E-state index contributed by atoms with van der Waals surface area (Å²) in [5, 5.41) is 1.51. The average molecular weight is 484 g/mol. The van der Waals surface area contributed by atoms with Crippen LogP contribution in [0, 0.1) is 0 Å². The maximum Gasteiger partial charge on any atom is 0.137 e. The third kappa shape index (κ3) is 5.12. The Bertz CT molecular complexity index is 869. The summed E-state index contributed by atoms with van der Waals surface area (Å²) in [5.41, 5.74) is 5.46. The zero-order valence-electron chi connectivity index (χ0n) is 20.3. The van der Waals surface area contributed by atoms with Gasteiger partial charge in [0.2, 0.25) is 0 Å². The molecule has 3 nitrogen and oxygen atoms in total. The number of nitrogens with zero attached hydrogens (tertiary/aromatic N) is 1. The minimum absolute atomic E-state index is 0.116. The molecule has 2 aromatic rings. The van der Waals surface area contributed by atoms with Crippen molar-refractivity contribution in [3.63, 3.8) is 0 Å². The second-order valence-electron chi connectivity index (χ2n) is 9.96. The van der Waals surface area contributed by atoms with Crippen molar-refractivity contribution >= 4 is 27.0 Å². The van der Waals surface area contributed by atoms with Gasteiger partial charge in [0.15, 0.2) is 0 Å². The van der Waals surface area contributed by atoms with Gasteiger partial charge in [-0.3, -0.25) is 4.67 Å². The van der Waals surface area contributed by atoms with Crippen LogP contribution in [0.5, 0.6) is 0 Å². The molecule has 0 spiro atoms. The topological polar surface area (TPSA) is 29.5 Å².